The van der Waals surface area contributed by atoms with E-state index in [0.717, 1.165) is 270 Å². The second-order valence-electron chi connectivity index (χ2n) is 56.7. The minimum absolute atomic E-state index is 0.0396. The van der Waals surface area contributed by atoms with Crippen molar-refractivity contribution in [3.05, 3.63) is 0 Å². The molecule has 0 aromatic carbocycles. The Kier molecular flexibility index (Phi) is 35.6. The van der Waals surface area contributed by atoms with Gasteiger partial charge in [-0.25, -0.2) is 0 Å². The SMILES string of the molecule is CCC(C)(C)C(=O)OC12CC3(C(O)(CC)CC)CC(C(O)(CC)CC)(C1)CC(C(O)(CC)CC)(C2)C3.CCC(C)(C)C(=O)OC12CC3CC(C(O)(CC)CC)(C1)CC(C(O)(CC)CC)(C3)C2.CCC(C)(C)C(=O)OC1CC(C2(O)CCCC2)CC(C2(O)CCCC2)C1.CCC(C)(C)C(=O)OC1CC2CC1C(C1(O)CCCC1)C2C1(O)CCCC1.CCC(C)(C)C(=O)OC1CC2OC1C(C1(O)CCCC1)C2C1(O)CCCC1. The molecule has 2 heterocycles. The molecule has 22 nitrogen and oxygen atoms in total. The van der Waals surface area contributed by atoms with E-state index in [1.807, 2.05) is 104 Å². The lowest BCUT2D eigenvalue weighted by atomic mass is 9.30. The third kappa shape index (κ3) is 21.5. The van der Waals surface area contributed by atoms with E-state index in [1.165, 1.54) is 0 Å². The normalized spacial score (nSPS) is 36.8. The average molecular weight is 2060 g/mol. The maximum Gasteiger partial charge on any atom is 0.312 e. The lowest BCUT2D eigenvalue weighted by Gasteiger charge is -2.77. The van der Waals surface area contributed by atoms with Crippen LogP contribution in [0.3, 0.4) is 0 Å². The monoisotopic (exact) mass is 2060 g/mol. The van der Waals surface area contributed by atoms with Crippen LogP contribution >= 0.6 is 0 Å². The second kappa shape index (κ2) is 43.3. The summed E-state index contributed by atoms with van der Waals surface area (Å²) < 4.78 is 37.4. The molecule has 17 aliphatic carbocycles. The van der Waals surface area contributed by atoms with E-state index in [2.05, 4.69) is 69.2 Å². The van der Waals surface area contributed by atoms with E-state index in [4.69, 9.17) is 28.4 Å². The van der Waals surface area contributed by atoms with Crippen molar-refractivity contribution in [3.63, 3.8) is 0 Å². The molecule has 0 aromatic heterocycles. The van der Waals surface area contributed by atoms with Crippen molar-refractivity contribution >= 4 is 29.8 Å². The molecule has 0 spiro atoms. The summed E-state index contributed by atoms with van der Waals surface area (Å²) in [5.74, 6) is 0.622. The zero-order valence-corrected chi connectivity index (χ0v) is 96.8. The first-order chi connectivity index (χ1) is 68.0. The molecule has 0 aromatic rings. The van der Waals surface area contributed by atoms with Gasteiger partial charge in [0.25, 0.3) is 0 Å². The van der Waals surface area contributed by atoms with Gasteiger partial charge in [-0.3, -0.25) is 24.0 Å². The molecule has 0 amide bonds. The number of rotatable bonds is 36. The number of carbonyl (C=O) groups is 5. The van der Waals surface area contributed by atoms with Crippen LogP contribution in [0.4, 0.5) is 0 Å². The maximum absolute atomic E-state index is 13.7. The molecule has 19 fully saturated rings. The van der Waals surface area contributed by atoms with Gasteiger partial charge in [0.15, 0.2) is 0 Å². The predicted molar refractivity (Wildman–Crippen MR) is 571 cm³/mol. The Morgan fingerprint density at radius 1 is 0.274 bits per heavy atom. The molecule has 12 bridgehead atoms. The number of aliphatic hydroxyl groups is 11. The fraction of sp³-hybridized carbons (Fsp3) is 0.960. The lowest BCUT2D eigenvalue weighted by molar-refractivity contribution is -0.346. The van der Waals surface area contributed by atoms with Gasteiger partial charge in [-0.2, -0.15) is 0 Å². The summed E-state index contributed by atoms with van der Waals surface area (Å²) in [6.45, 7) is 50.1. The van der Waals surface area contributed by atoms with Gasteiger partial charge >= 0.3 is 29.8 Å². The minimum Gasteiger partial charge on any atom is -0.462 e. The molecule has 0 radical (unpaired) electrons. The van der Waals surface area contributed by atoms with E-state index in [-0.39, 0.29) is 113 Å². The molecule has 842 valence electrons. The summed E-state index contributed by atoms with van der Waals surface area (Å²) in [7, 11) is 0. The highest BCUT2D eigenvalue weighted by atomic mass is 16.6. The van der Waals surface area contributed by atoms with Gasteiger partial charge < -0.3 is 84.6 Å². The zero-order chi connectivity index (χ0) is 108. The molecule has 2 aliphatic heterocycles. The molecule has 146 heavy (non-hydrogen) atoms. The molecule has 11 N–H and O–H groups in total. The van der Waals surface area contributed by atoms with Gasteiger partial charge in [0.2, 0.25) is 0 Å². The molecule has 19 aliphatic rings. The first-order valence-corrected chi connectivity index (χ1v) is 60.7. The van der Waals surface area contributed by atoms with Crippen LogP contribution in [0, 0.1) is 107 Å². The standard InChI is InChI=1S/C31H56O5.C26H46O4.C23H38O4.C22H36O5.C22H38O4/c1-10-24(8,9)23(32)36-28-20-25(29(33,11-2)12-3)17-26(21-28,30(34,13-4)14-5)19-27(18-25,22-28)31(35,15-6)16-7;1-8-21(6,7)20(27)30-24-15-19-13-22(17-24,25(28,9-2)10-3)16-23(14-19,18-24)26(29,11-4)12-5;1-4-21(2,3)20(24)27-17-14-15-13-16(17)19(23(26)11-7-8-12-23)18(15)22(25)9-5-6-10-22;1-4-20(2,3)19(23)27-15-13-14-16(21(24)9-5-6-10-21)17(18(15)26-14)22(25)11-7-8-12-22;1-4-20(2,3)19(23)26-18-14-16(21(24)9-5-6-10-21)13-17(15-18)22(25)11-7-8-12-22/h33-35H,10-22H2,1-9H3;19,28-29H,8-18H2,1-7H3;15-19,25-26H,4-14H2,1-3H3;14-18,24-25H,4-13H2,1-3H3;16-18,24-25H,4-15H2,1-3H3. The highest BCUT2D eigenvalue weighted by Gasteiger charge is 2.80. The van der Waals surface area contributed by atoms with E-state index in [9.17, 15) is 80.1 Å². The Balaban J connectivity index is 0.000000153. The molecule has 19 rings (SSSR count). The van der Waals surface area contributed by atoms with Crippen LogP contribution in [0.2, 0.25) is 0 Å². The van der Waals surface area contributed by atoms with E-state index in [0.29, 0.717) is 108 Å². The number of carbonyl (C=O) groups excluding carboxylic acids is 5. The van der Waals surface area contributed by atoms with Crippen molar-refractivity contribution in [3.8, 4) is 0 Å². The number of esters is 5. The van der Waals surface area contributed by atoms with Gasteiger partial charge in [0.05, 0.1) is 94.8 Å². The van der Waals surface area contributed by atoms with Crippen molar-refractivity contribution in [1.82, 2.24) is 0 Å². The Morgan fingerprint density at radius 2 is 0.548 bits per heavy atom. The fourth-order valence-corrected chi connectivity index (χ4v) is 36.3. The molecule has 14 atom stereocenters. The van der Waals surface area contributed by atoms with Crippen molar-refractivity contribution in [2.24, 2.45) is 107 Å². The van der Waals surface area contributed by atoms with Crippen LogP contribution in [-0.4, -0.2) is 189 Å². The van der Waals surface area contributed by atoms with Gasteiger partial charge in [0, 0.05) is 51.2 Å². The second-order valence-corrected chi connectivity index (χ2v) is 56.7. The van der Waals surface area contributed by atoms with E-state index >= 15 is 0 Å². The lowest BCUT2D eigenvalue weighted by Crippen LogP contribution is -2.77. The predicted octanol–water partition coefficient (Wildman–Crippen LogP) is 24.4. The average Bonchev–Trinajstić information content (AvgIpc) is 1.66. The van der Waals surface area contributed by atoms with Gasteiger partial charge in [-0.15, -0.1) is 0 Å². The molecule has 2 saturated heterocycles. The quantitative estimate of drug-likeness (QED) is 0.0205. The number of ether oxygens (including phenoxy) is 6. The van der Waals surface area contributed by atoms with Crippen LogP contribution < -0.4 is 0 Å². The van der Waals surface area contributed by atoms with Crippen LogP contribution in [-0.2, 0) is 52.4 Å². The fourth-order valence-electron chi connectivity index (χ4n) is 36.3. The summed E-state index contributed by atoms with van der Waals surface area (Å²) in [5.41, 5.74) is -14.6. The third-order valence-corrected chi connectivity index (χ3v) is 47.1. The Bertz CT molecular complexity index is 4120. The Hall–Kier alpha value is -3.13. The molecular weight excluding hydrogens is 1840 g/mol. The van der Waals surface area contributed by atoms with Crippen LogP contribution in [0.1, 0.15) is 539 Å². The van der Waals surface area contributed by atoms with Crippen molar-refractivity contribution in [2.45, 2.75) is 642 Å². The summed E-state index contributed by atoms with van der Waals surface area (Å²) >= 11 is 0. The molecule has 22 heteroatoms. The summed E-state index contributed by atoms with van der Waals surface area (Å²) in [6.07, 6.45) is 45.9. The van der Waals surface area contributed by atoms with Crippen LogP contribution in [0.25, 0.3) is 0 Å². The molecular formula is C124H214O22. The highest BCUT2D eigenvalue weighted by Crippen LogP contribution is 2.81. The zero-order valence-electron chi connectivity index (χ0n) is 96.8. The number of hydrogen-bond donors (Lipinski definition) is 11. The summed E-state index contributed by atoms with van der Waals surface area (Å²) in [6, 6.07) is 0. The van der Waals surface area contributed by atoms with Crippen molar-refractivity contribution in [1.29, 1.82) is 0 Å². The number of hydrogen-bond acceptors (Lipinski definition) is 22. The smallest absolute Gasteiger partial charge is 0.312 e. The van der Waals surface area contributed by atoms with Crippen molar-refractivity contribution in [2.75, 3.05) is 0 Å². The van der Waals surface area contributed by atoms with Crippen molar-refractivity contribution < 1.29 is 109 Å². The van der Waals surface area contributed by atoms with E-state index in [1.54, 1.807) is 0 Å². The third-order valence-electron chi connectivity index (χ3n) is 47.1. The number of fused-ring (bicyclic) bond motifs is 4. The maximum atomic E-state index is 13.7. The minimum atomic E-state index is -0.951. The summed E-state index contributed by atoms with van der Waals surface area (Å²) in [5, 5.41) is 129. The van der Waals surface area contributed by atoms with E-state index < -0.39 is 116 Å². The van der Waals surface area contributed by atoms with Gasteiger partial charge in [-0.1, -0.05) is 181 Å². The Labute approximate surface area is 883 Å². The van der Waals surface area contributed by atoms with Crippen LogP contribution in [0.5, 0.6) is 0 Å². The largest absolute Gasteiger partial charge is 0.462 e. The topological polar surface area (TPSA) is 363 Å². The first kappa shape index (κ1) is 120. The molecule has 17 saturated carbocycles. The highest BCUT2D eigenvalue weighted by molar-refractivity contribution is 5.78. The Morgan fingerprint density at radius 3 is 0.884 bits per heavy atom. The first-order valence-electron chi connectivity index (χ1n) is 60.7. The summed E-state index contributed by atoms with van der Waals surface area (Å²) in [4.78, 5) is 64.9. The van der Waals surface area contributed by atoms with Gasteiger partial charge in [0.1, 0.15) is 35.6 Å². The van der Waals surface area contributed by atoms with Crippen LogP contribution in [0.15, 0.2) is 0 Å². The van der Waals surface area contributed by atoms with Gasteiger partial charge in [-0.05, 0) is 387 Å². The molecule has 14 unspecified atom stereocenters.